The van der Waals surface area contributed by atoms with Crippen molar-refractivity contribution in [3.8, 4) is 0 Å². The number of anilines is 2. The van der Waals surface area contributed by atoms with Crippen LogP contribution >= 0.6 is 0 Å². The molecule has 5 heteroatoms. The van der Waals surface area contributed by atoms with Gasteiger partial charge in [0, 0.05) is 32.4 Å². The largest absolute Gasteiger partial charge is 0.381 e. The second kappa shape index (κ2) is 9.55. The van der Waals surface area contributed by atoms with Gasteiger partial charge >= 0.3 is 0 Å². The highest BCUT2D eigenvalue weighted by molar-refractivity contribution is 5.47. The molecule has 0 spiro atoms. The van der Waals surface area contributed by atoms with Crippen LogP contribution in [0.15, 0.2) is 6.07 Å². The molecule has 0 saturated heterocycles. The second-order valence-electron chi connectivity index (χ2n) is 4.51. The fourth-order valence-corrected chi connectivity index (χ4v) is 1.64. The van der Waals surface area contributed by atoms with Crippen LogP contribution in [-0.4, -0.2) is 36.3 Å². The van der Waals surface area contributed by atoms with E-state index in [0.717, 1.165) is 63.0 Å². The lowest BCUT2D eigenvalue weighted by molar-refractivity contribution is 0.134. The predicted molar refractivity (Wildman–Crippen MR) is 79.8 cm³/mol. The number of aryl methyl sites for hydroxylation is 1. The number of rotatable bonds is 10. The van der Waals surface area contributed by atoms with Crippen LogP contribution in [0.5, 0.6) is 0 Å². The van der Waals surface area contributed by atoms with E-state index in [1.807, 2.05) is 13.0 Å². The Bertz CT molecular complexity index is 357. The summed E-state index contributed by atoms with van der Waals surface area (Å²) in [5, 5.41) is 6.59. The molecule has 0 bridgehead atoms. The van der Waals surface area contributed by atoms with E-state index in [9.17, 15) is 0 Å². The molecule has 0 unspecified atom stereocenters. The Morgan fingerprint density at radius 1 is 1.00 bits per heavy atom. The van der Waals surface area contributed by atoms with Crippen LogP contribution in [0, 0.1) is 6.92 Å². The summed E-state index contributed by atoms with van der Waals surface area (Å²) in [6.45, 7) is 9.60. The maximum absolute atomic E-state index is 5.44. The molecule has 0 aliphatic carbocycles. The van der Waals surface area contributed by atoms with Crippen LogP contribution in [0.25, 0.3) is 0 Å². The van der Waals surface area contributed by atoms with Crippen LogP contribution in [0.4, 0.5) is 11.6 Å². The minimum atomic E-state index is 0.783. The molecule has 0 radical (unpaired) electrons. The summed E-state index contributed by atoms with van der Waals surface area (Å²) in [7, 11) is 0. The maximum atomic E-state index is 5.44. The number of aromatic nitrogens is 2. The molecular weight excluding hydrogens is 240 g/mol. The fraction of sp³-hybridized carbons (Fsp3) is 0.714. The quantitative estimate of drug-likeness (QED) is 0.638. The van der Waals surface area contributed by atoms with E-state index in [2.05, 4.69) is 34.4 Å². The average Bonchev–Trinajstić information content (AvgIpc) is 2.40. The molecular formula is C14H26N4O. The monoisotopic (exact) mass is 266 g/mol. The Morgan fingerprint density at radius 2 is 1.68 bits per heavy atom. The maximum Gasteiger partial charge on any atom is 0.131 e. The minimum Gasteiger partial charge on any atom is -0.381 e. The van der Waals surface area contributed by atoms with Gasteiger partial charge in [0.15, 0.2) is 0 Å². The molecule has 0 aromatic carbocycles. The van der Waals surface area contributed by atoms with Crippen molar-refractivity contribution in [3.05, 3.63) is 11.9 Å². The molecule has 0 amide bonds. The van der Waals surface area contributed by atoms with Gasteiger partial charge in [0.05, 0.1) is 0 Å². The van der Waals surface area contributed by atoms with E-state index in [4.69, 9.17) is 4.74 Å². The van der Waals surface area contributed by atoms with E-state index < -0.39 is 0 Å². The van der Waals surface area contributed by atoms with Gasteiger partial charge < -0.3 is 15.4 Å². The summed E-state index contributed by atoms with van der Waals surface area (Å²) in [5.41, 5.74) is 0. The Labute approximate surface area is 116 Å². The lowest BCUT2D eigenvalue weighted by atomic mass is 10.4. The summed E-state index contributed by atoms with van der Waals surface area (Å²) >= 11 is 0. The van der Waals surface area contributed by atoms with Crippen molar-refractivity contribution >= 4 is 11.6 Å². The van der Waals surface area contributed by atoms with Gasteiger partial charge in [0.2, 0.25) is 0 Å². The van der Waals surface area contributed by atoms with Crippen molar-refractivity contribution in [2.24, 2.45) is 0 Å². The van der Waals surface area contributed by atoms with Crippen LogP contribution in [0.1, 0.15) is 38.9 Å². The summed E-state index contributed by atoms with van der Waals surface area (Å²) in [6, 6.07) is 1.95. The highest BCUT2D eigenvalue weighted by atomic mass is 16.5. The zero-order valence-electron chi connectivity index (χ0n) is 12.3. The highest BCUT2D eigenvalue weighted by Gasteiger charge is 2.00. The van der Waals surface area contributed by atoms with Crippen molar-refractivity contribution < 1.29 is 4.74 Å². The van der Waals surface area contributed by atoms with E-state index in [1.165, 1.54) is 0 Å². The van der Waals surface area contributed by atoms with Crippen molar-refractivity contribution in [1.82, 2.24) is 9.97 Å². The Hall–Kier alpha value is -1.36. The molecule has 0 atom stereocenters. The smallest absolute Gasteiger partial charge is 0.131 e. The zero-order chi connectivity index (χ0) is 13.9. The molecule has 19 heavy (non-hydrogen) atoms. The molecule has 1 aromatic heterocycles. The number of nitrogens with one attached hydrogen (secondary N) is 2. The predicted octanol–water partition coefficient (Wildman–Crippen LogP) is 2.84. The third-order valence-corrected chi connectivity index (χ3v) is 2.51. The van der Waals surface area contributed by atoms with Gasteiger partial charge in [0.25, 0.3) is 0 Å². The van der Waals surface area contributed by atoms with Gasteiger partial charge in [-0.25, -0.2) is 9.97 Å². The first-order valence-electron chi connectivity index (χ1n) is 7.17. The second-order valence-corrected chi connectivity index (χ2v) is 4.51. The lowest BCUT2D eigenvalue weighted by Gasteiger charge is -2.09. The van der Waals surface area contributed by atoms with Crippen LogP contribution in [0.3, 0.4) is 0 Å². The van der Waals surface area contributed by atoms with Gasteiger partial charge in [-0.2, -0.15) is 0 Å². The first-order chi connectivity index (χ1) is 9.26. The summed E-state index contributed by atoms with van der Waals surface area (Å²) in [6.07, 6.45) is 3.15. The fourth-order valence-electron chi connectivity index (χ4n) is 1.64. The number of ether oxygens (including phenoxy) is 1. The third-order valence-electron chi connectivity index (χ3n) is 2.51. The molecule has 108 valence electrons. The topological polar surface area (TPSA) is 59.1 Å². The molecule has 0 fully saturated rings. The summed E-state index contributed by atoms with van der Waals surface area (Å²) in [4.78, 5) is 8.73. The Morgan fingerprint density at radius 3 is 2.32 bits per heavy atom. The molecule has 5 nitrogen and oxygen atoms in total. The molecule has 1 aromatic rings. The molecule has 1 heterocycles. The van der Waals surface area contributed by atoms with Gasteiger partial charge in [0.1, 0.15) is 17.5 Å². The van der Waals surface area contributed by atoms with E-state index in [1.54, 1.807) is 0 Å². The van der Waals surface area contributed by atoms with Crippen LogP contribution in [-0.2, 0) is 4.74 Å². The molecule has 2 N–H and O–H groups in total. The minimum absolute atomic E-state index is 0.783. The average molecular weight is 266 g/mol. The normalized spacial score (nSPS) is 10.5. The van der Waals surface area contributed by atoms with Gasteiger partial charge in [-0.15, -0.1) is 0 Å². The molecule has 0 aliphatic rings. The molecule has 0 aliphatic heterocycles. The Kier molecular flexibility index (Phi) is 7.89. The number of hydrogen-bond donors (Lipinski definition) is 2. The standard InChI is InChI=1S/C14H26N4O/c1-4-7-15-13-11-14(18-12(3)17-13)16-8-6-10-19-9-5-2/h11H,4-10H2,1-3H3,(H2,15,16,17,18). The van der Waals surface area contributed by atoms with Gasteiger partial charge in [-0.3, -0.25) is 0 Å². The highest BCUT2D eigenvalue weighted by Crippen LogP contribution is 2.11. The SMILES string of the molecule is CCCNc1cc(NCCCOCCC)nc(C)n1. The third kappa shape index (κ3) is 6.96. The van der Waals surface area contributed by atoms with Crippen molar-refractivity contribution in [2.75, 3.05) is 36.9 Å². The summed E-state index contributed by atoms with van der Waals surface area (Å²) < 4.78 is 5.44. The molecule has 0 saturated carbocycles. The lowest BCUT2D eigenvalue weighted by Crippen LogP contribution is -2.10. The van der Waals surface area contributed by atoms with Crippen LogP contribution < -0.4 is 10.6 Å². The van der Waals surface area contributed by atoms with E-state index in [0.29, 0.717) is 0 Å². The van der Waals surface area contributed by atoms with Crippen molar-refractivity contribution in [3.63, 3.8) is 0 Å². The zero-order valence-corrected chi connectivity index (χ0v) is 12.3. The van der Waals surface area contributed by atoms with Gasteiger partial charge in [-0.05, 0) is 26.2 Å². The van der Waals surface area contributed by atoms with Crippen LogP contribution in [0.2, 0.25) is 0 Å². The van der Waals surface area contributed by atoms with Crippen molar-refractivity contribution in [1.29, 1.82) is 0 Å². The Balaban J connectivity index is 2.34. The first-order valence-corrected chi connectivity index (χ1v) is 7.17. The van der Waals surface area contributed by atoms with Gasteiger partial charge in [-0.1, -0.05) is 13.8 Å². The number of hydrogen-bond acceptors (Lipinski definition) is 5. The van der Waals surface area contributed by atoms with Crippen molar-refractivity contribution in [2.45, 2.75) is 40.0 Å². The first kappa shape index (κ1) is 15.7. The van der Waals surface area contributed by atoms with E-state index >= 15 is 0 Å². The molecule has 1 rings (SSSR count). The summed E-state index contributed by atoms with van der Waals surface area (Å²) in [5.74, 6) is 2.55. The van der Waals surface area contributed by atoms with E-state index in [-0.39, 0.29) is 0 Å². The number of nitrogens with zero attached hydrogens (tertiary/aromatic N) is 2.